The molecule has 0 unspecified atom stereocenters. The van der Waals surface area contributed by atoms with Gasteiger partial charge in [0.25, 0.3) is 5.91 Å². The predicted molar refractivity (Wildman–Crippen MR) is 97.7 cm³/mol. The van der Waals surface area contributed by atoms with E-state index in [1.165, 1.54) is 16.9 Å². The van der Waals surface area contributed by atoms with E-state index in [9.17, 15) is 4.79 Å². The highest BCUT2D eigenvalue weighted by Gasteiger charge is 2.21. The van der Waals surface area contributed by atoms with Crippen molar-refractivity contribution in [3.63, 3.8) is 0 Å². The summed E-state index contributed by atoms with van der Waals surface area (Å²) in [5.74, 6) is 1.92. The second kappa shape index (κ2) is 6.85. The molecule has 1 aromatic carbocycles. The molecule has 4 nitrogen and oxygen atoms in total. The summed E-state index contributed by atoms with van der Waals surface area (Å²) in [6, 6.07) is 5.73. The van der Waals surface area contributed by atoms with Crippen molar-refractivity contribution in [1.82, 2.24) is 0 Å². The van der Waals surface area contributed by atoms with Crippen LogP contribution in [0.2, 0.25) is 0 Å². The number of hydrogen-bond donors (Lipinski definition) is 1. The highest BCUT2D eigenvalue weighted by atomic mass is 32.1. The second-order valence-electron chi connectivity index (χ2n) is 6.38. The summed E-state index contributed by atoms with van der Waals surface area (Å²) in [6.45, 7) is 4.21. The lowest BCUT2D eigenvalue weighted by atomic mass is 9.90. The van der Waals surface area contributed by atoms with E-state index in [1.54, 1.807) is 25.6 Å². The fourth-order valence-electron chi connectivity index (χ4n) is 3.12. The van der Waals surface area contributed by atoms with E-state index < -0.39 is 0 Å². The monoisotopic (exact) mass is 345 g/mol. The molecule has 128 valence electrons. The quantitative estimate of drug-likeness (QED) is 0.890. The maximum atomic E-state index is 12.6. The molecular weight excluding hydrogens is 322 g/mol. The molecule has 5 heteroatoms. The molecule has 1 aromatic heterocycles. The molecule has 24 heavy (non-hydrogen) atoms. The van der Waals surface area contributed by atoms with Crippen LogP contribution in [0, 0.1) is 12.8 Å². The van der Waals surface area contributed by atoms with Crippen molar-refractivity contribution in [3.8, 4) is 11.5 Å². The van der Waals surface area contributed by atoms with E-state index >= 15 is 0 Å². The Hall–Kier alpha value is -2.01. The number of rotatable bonds is 4. The molecule has 0 saturated heterocycles. The van der Waals surface area contributed by atoms with Crippen LogP contribution in [-0.4, -0.2) is 20.1 Å². The maximum absolute atomic E-state index is 12.6. The van der Waals surface area contributed by atoms with Gasteiger partial charge in [-0.25, -0.2) is 0 Å². The van der Waals surface area contributed by atoms with Crippen LogP contribution in [0.4, 0.5) is 5.69 Å². The molecule has 1 aliphatic carbocycles. The van der Waals surface area contributed by atoms with Crippen LogP contribution < -0.4 is 14.8 Å². The highest BCUT2D eigenvalue weighted by molar-refractivity contribution is 7.14. The van der Waals surface area contributed by atoms with Crippen molar-refractivity contribution in [2.45, 2.75) is 33.1 Å². The van der Waals surface area contributed by atoms with Crippen LogP contribution in [0.1, 0.15) is 39.0 Å². The summed E-state index contributed by atoms with van der Waals surface area (Å²) in [7, 11) is 3.19. The van der Waals surface area contributed by atoms with Gasteiger partial charge in [-0.05, 0) is 55.4 Å². The Labute approximate surface area is 146 Å². The Morgan fingerprint density at radius 3 is 2.62 bits per heavy atom. The third-order valence-electron chi connectivity index (χ3n) is 4.53. The van der Waals surface area contributed by atoms with Crippen molar-refractivity contribution in [2.75, 3.05) is 19.5 Å². The van der Waals surface area contributed by atoms with Gasteiger partial charge in [-0.2, -0.15) is 0 Å². The van der Waals surface area contributed by atoms with Gasteiger partial charge < -0.3 is 14.8 Å². The first-order valence-corrected chi connectivity index (χ1v) is 8.99. The number of hydrogen-bond acceptors (Lipinski definition) is 4. The second-order valence-corrected chi connectivity index (χ2v) is 7.52. The molecule has 1 amide bonds. The average molecular weight is 345 g/mol. The zero-order valence-corrected chi connectivity index (χ0v) is 15.4. The lowest BCUT2D eigenvalue weighted by Gasteiger charge is -2.16. The Kier molecular flexibility index (Phi) is 4.81. The molecule has 1 aliphatic rings. The number of nitrogens with one attached hydrogen (secondary N) is 1. The number of aryl methyl sites for hydroxylation is 2. The minimum Gasteiger partial charge on any atom is -0.493 e. The van der Waals surface area contributed by atoms with Crippen molar-refractivity contribution in [1.29, 1.82) is 0 Å². The number of carbonyl (C=O) groups excluding carboxylic acids is 1. The van der Waals surface area contributed by atoms with E-state index in [2.05, 4.69) is 18.3 Å². The number of benzene rings is 1. The normalized spacial score (nSPS) is 16.4. The Bertz CT molecular complexity index is 766. The summed E-state index contributed by atoms with van der Waals surface area (Å²) in [6.07, 6.45) is 3.38. The van der Waals surface area contributed by atoms with E-state index in [0.717, 1.165) is 29.0 Å². The molecule has 1 atom stereocenters. The standard InChI is InChI=1S/C19H23NO3S/c1-11-5-6-17-13(7-11)9-18(24-17)19(21)20-14-10-16(23-4)15(22-3)8-12(14)2/h8-11H,5-7H2,1-4H3,(H,20,21)/t11-/m1/s1. The molecule has 1 N–H and O–H groups in total. The number of ether oxygens (including phenoxy) is 2. The Morgan fingerprint density at radius 1 is 1.21 bits per heavy atom. The number of anilines is 1. The molecule has 1 heterocycles. The van der Waals surface area contributed by atoms with Crippen molar-refractivity contribution < 1.29 is 14.3 Å². The van der Waals surface area contributed by atoms with Gasteiger partial charge in [0.1, 0.15) is 0 Å². The van der Waals surface area contributed by atoms with Gasteiger partial charge in [0.15, 0.2) is 11.5 Å². The number of fused-ring (bicyclic) bond motifs is 1. The molecular formula is C19H23NO3S. The Morgan fingerprint density at radius 2 is 1.92 bits per heavy atom. The first kappa shape index (κ1) is 16.8. The van der Waals surface area contributed by atoms with Crippen LogP contribution in [0.15, 0.2) is 18.2 Å². The first-order chi connectivity index (χ1) is 11.5. The number of carbonyl (C=O) groups is 1. The van der Waals surface area contributed by atoms with Crippen LogP contribution >= 0.6 is 11.3 Å². The number of methoxy groups -OCH3 is 2. The third kappa shape index (κ3) is 3.26. The largest absolute Gasteiger partial charge is 0.493 e. The third-order valence-corrected chi connectivity index (χ3v) is 5.77. The van der Waals surface area contributed by atoms with Crippen molar-refractivity contribution in [3.05, 3.63) is 39.1 Å². The Balaban J connectivity index is 1.82. The summed E-state index contributed by atoms with van der Waals surface area (Å²) in [5.41, 5.74) is 3.03. The summed E-state index contributed by atoms with van der Waals surface area (Å²) in [4.78, 5) is 14.8. The molecule has 0 radical (unpaired) electrons. The van der Waals surface area contributed by atoms with Gasteiger partial charge >= 0.3 is 0 Å². The molecule has 3 rings (SSSR count). The lowest BCUT2D eigenvalue weighted by Crippen LogP contribution is -2.11. The van der Waals surface area contributed by atoms with Gasteiger partial charge in [-0.1, -0.05) is 6.92 Å². The van der Waals surface area contributed by atoms with Crippen LogP contribution in [0.25, 0.3) is 0 Å². The van der Waals surface area contributed by atoms with E-state index in [0.29, 0.717) is 17.4 Å². The van der Waals surface area contributed by atoms with E-state index in [4.69, 9.17) is 9.47 Å². The molecule has 0 fully saturated rings. The lowest BCUT2D eigenvalue weighted by molar-refractivity contribution is 0.103. The van der Waals surface area contributed by atoms with Gasteiger partial charge in [0.05, 0.1) is 19.1 Å². The van der Waals surface area contributed by atoms with Crippen LogP contribution in [0.5, 0.6) is 11.5 Å². The zero-order chi connectivity index (χ0) is 17.3. The zero-order valence-electron chi connectivity index (χ0n) is 14.6. The maximum Gasteiger partial charge on any atom is 0.265 e. The van der Waals surface area contributed by atoms with Crippen LogP contribution in [0.3, 0.4) is 0 Å². The highest BCUT2D eigenvalue weighted by Crippen LogP contribution is 2.35. The van der Waals surface area contributed by atoms with Gasteiger partial charge in [0, 0.05) is 16.6 Å². The molecule has 0 aliphatic heterocycles. The van der Waals surface area contributed by atoms with Gasteiger partial charge in [-0.15, -0.1) is 11.3 Å². The summed E-state index contributed by atoms with van der Waals surface area (Å²) < 4.78 is 10.6. The van der Waals surface area contributed by atoms with Gasteiger partial charge in [0.2, 0.25) is 0 Å². The number of amides is 1. The first-order valence-electron chi connectivity index (χ1n) is 8.17. The summed E-state index contributed by atoms with van der Waals surface area (Å²) >= 11 is 1.62. The van der Waals surface area contributed by atoms with Crippen molar-refractivity contribution >= 4 is 22.9 Å². The van der Waals surface area contributed by atoms with E-state index in [1.807, 2.05) is 19.1 Å². The number of thiophene rings is 1. The fraction of sp³-hybridized carbons (Fsp3) is 0.421. The average Bonchev–Trinajstić information content (AvgIpc) is 2.99. The predicted octanol–water partition coefficient (Wildman–Crippen LogP) is 4.45. The minimum atomic E-state index is -0.0580. The van der Waals surface area contributed by atoms with Gasteiger partial charge in [-0.3, -0.25) is 4.79 Å². The molecule has 0 bridgehead atoms. The topological polar surface area (TPSA) is 47.6 Å². The summed E-state index contributed by atoms with van der Waals surface area (Å²) in [5, 5.41) is 3.01. The molecule has 2 aromatic rings. The van der Waals surface area contributed by atoms with Crippen LogP contribution in [-0.2, 0) is 12.8 Å². The van der Waals surface area contributed by atoms with Crippen molar-refractivity contribution in [2.24, 2.45) is 5.92 Å². The minimum absolute atomic E-state index is 0.0580. The fourth-order valence-corrected chi connectivity index (χ4v) is 4.22. The smallest absolute Gasteiger partial charge is 0.265 e. The molecule has 0 saturated carbocycles. The van der Waals surface area contributed by atoms with E-state index in [-0.39, 0.29) is 5.91 Å². The molecule has 0 spiro atoms. The SMILES string of the molecule is COc1cc(C)c(NC(=O)c2cc3c(s2)CC[C@@H](C)C3)cc1OC.